The van der Waals surface area contributed by atoms with E-state index in [0.29, 0.717) is 23.6 Å². The van der Waals surface area contributed by atoms with Crippen LogP contribution in [0.15, 0.2) is 36.7 Å². The van der Waals surface area contributed by atoms with Gasteiger partial charge in [-0.15, -0.1) is 5.10 Å². The summed E-state index contributed by atoms with van der Waals surface area (Å²) in [6.45, 7) is 4.42. The van der Waals surface area contributed by atoms with E-state index >= 15 is 0 Å². The molecule has 0 unspecified atom stereocenters. The topological polar surface area (TPSA) is 65.1 Å². The van der Waals surface area contributed by atoms with Crippen molar-refractivity contribution in [1.82, 2.24) is 19.6 Å². The van der Waals surface area contributed by atoms with Crippen LogP contribution in [-0.4, -0.2) is 31.8 Å². The smallest absolute Gasteiger partial charge is 0.233 e. The molecule has 132 valence electrons. The second-order valence-corrected chi connectivity index (χ2v) is 5.85. The minimum absolute atomic E-state index is 0.399. The molecule has 0 saturated carbocycles. The number of methoxy groups -OCH3 is 1. The lowest BCUT2D eigenvalue weighted by Crippen LogP contribution is -2.08. The van der Waals surface area contributed by atoms with Crippen molar-refractivity contribution in [2.24, 2.45) is 0 Å². The Labute approximate surface area is 145 Å². The maximum absolute atomic E-state index is 13.6. The highest BCUT2D eigenvalue weighted by Crippen LogP contribution is 2.26. The van der Waals surface area contributed by atoms with Gasteiger partial charge < -0.3 is 9.84 Å². The monoisotopic (exact) mass is 344 g/mol. The summed E-state index contributed by atoms with van der Waals surface area (Å²) in [5.41, 5.74) is 2.99. The molecule has 1 atom stereocenters. The molecule has 2 heterocycles. The van der Waals surface area contributed by atoms with Gasteiger partial charge in [0.2, 0.25) is 5.88 Å². The van der Waals surface area contributed by atoms with Crippen molar-refractivity contribution >= 4 is 0 Å². The Morgan fingerprint density at radius 2 is 2.12 bits per heavy atom. The molecule has 0 aliphatic heterocycles. The third-order valence-corrected chi connectivity index (χ3v) is 4.03. The molecule has 0 amide bonds. The second-order valence-electron chi connectivity index (χ2n) is 5.85. The first-order valence-corrected chi connectivity index (χ1v) is 8.14. The normalized spacial score (nSPS) is 12.4. The molecule has 0 saturated heterocycles. The van der Waals surface area contributed by atoms with Gasteiger partial charge in [-0.1, -0.05) is 0 Å². The van der Waals surface area contributed by atoms with E-state index in [9.17, 15) is 9.50 Å². The summed E-state index contributed by atoms with van der Waals surface area (Å²) < 4.78 is 22.4. The quantitative estimate of drug-likeness (QED) is 0.747. The van der Waals surface area contributed by atoms with Crippen LogP contribution in [0.25, 0.3) is 5.69 Å². The first-order valence-electron chi connectivity index (χ1n) is 8.14. The summed E-state index contributed by atoms with van der Waals surface area (Å²) in [4.78, 5) is 0. The van der Waals surface area contributed by atoms with Gasteiger partial charge in [0.1, 0.15) is 5.82 Å². The summed E-state index contributed by atoms with van der Waals surface area (Å²) >= 11 is 0. The maximum atomic E-state index is 13.6. The third-order valence-electron chi connectivity index (χ3n) is 4.03. The molecule has 3 aromatic rings. The molecule has 2 aromatic heterocycles. The Bertz CT molecular complexity index is 870. The SMILES string of the molecule is CCn1cc(Cc2cc(OC)nn2-c2ccc(F)cc2[C@@H](C)O)cn1. The van der Waals surface area contributed by atoms with Crippen LogP contribution in [0, 0.1) is 5.82 Å². The average Bonchev–Trinajstić information content (AvgIpc) is 3.21. The Morgan fingerprint density at radius 1 is 1.32 bits per heavy atom. The first kappa shape index (κ1) is 17.2. The Balaban J connectivity index is 2.06. The zero-order chi connectivity index (χ0) is 18.0. The minimum Gasteiger partial charge on any atom is -0.480 e. The summed E-state index contributed by atoms with van der Waals surface area (Å²) in [5, 5.41) is 18.7. The average molecular weight is 344 g/mol. The van der Waals surface area contributed by atoms with Gasteiger partial charge in [-0.3, -0.25) is 4.68 Å². The van der Waals surface area contributed by atoms with Gasteiger partial charge in [-0.05, 0) is 37.6 Å². The summed E-state index contributed by atoms with van der Waals surface area (Å²) in [6.07, 6.45) is 3.56. The molecular formula is C18H21FN4O2. The molecule has 0 aliphatic carbocycles. The molecule has 6 nitrogen and oxygen atoms in total. The molecule has 0 fully saturated rings. The van der Waals surface area contributed by atoms with E-state index in [1.54, 1.807) is 24.8 Å². The van der Waals surface area contributed by atoms with Crippen molar-refractivity contribution in [3.63, 3.8) is 0 Å². The van der Waals surface area contributed by atoms with E-state index in [4.69, 9.17) is 4.74 Å². The summed E-state index contributed by atoms with van der Waals surface area (Å²) in [5.74, 6) is 0.0586. The van der Waals surface area contributed by atoms with Crippen LogP contribution in [0.3, 0.4) is 0 Å². The molecule has 1 N–H and O–H groups in total. The lowest BCUT2D eigenvalue weighted by atomic mass is 10.1. The molecule has 7 heteroatoms. The number of rotatable bonds is 6. The molecular weight excluding hydrogens is 323 g/mol. The molecule has 3 rings (SSSR count). The van der Waals surface area contributed by atoms with E-state index in [1.807, 2.05) is 30.1 Å². The lowest BCUT2D eigenvalue weighted by Gasteiger charge is -2.14. The number of hydrogen-bond acceptors (Lipinski definition) is 4. The van der Waals surface area contributed by atoms with Crippen molar-refractivity contribution in [3.05, 3.63) is 59.3 Å². The largest absolute Gasteiger partial charge is 0.480 e. The highest BCUT2D eigenvalue weighted by molar-refractivity contribution is 5.44. The molecule has 0 aliphatic rings. The third kappa shape index (κ3) is 3.56. The number of hydrogen-bond donors (Lipinski definition) is 1. The summed E-state index contributed by atoms with van der Waals surface area (Å²) in [6, 6.07) is 6.13. The fraction of sp³-hybridized carbons (Fsp3) is 0.333. The maximum Gasteiger partial charge on any atom is 0.233 e. The van der Waals surface area contributed by atoms with Crippen LogP contribution in [0.1, 0.15) is 36.8 Å². The highest BCUT2D eigenvalue weighted by Gasteiger charge is 2.17. The zero-order valence-corrected chi connectivity index (χ0v) is 14.5. The van der Waals surface area contributed by atoms with Gasteiger partial charge in [0.05, 0.1) is 30.8 Å². The second kappa shape index (κ2) is 7.06. The number of benzene rings is 1. The van der Waals surface area contributed by atoms with Crippen molar-refractivity contribution < 1.29 is 14.2 Å². The predicted molar refractivity (Wildman–Crippen MR) is 91.4 cm³/mol. The van der Waals surface area contributed by atoms with E-state index < -0.39 is 11.9 Å². The highest BCUT2D eigenvalue weighted by atomic mass is 19.1. The molecule has 0 radical (unpaired) electrons. The minimum atomic E-state index is -0.823. The fourth-order valence-corrected chi connectivity index (χ4v) is 2.76. The Morgan fingerprint density at radius 3 is 2.76 bits per heavy atom. The molecule has 0 spiro atoms. The first-order chi connectivity index (χ1) is 12.0. The van der Waals surface area contributed by atoms with Crippen LogP contribution < -0.4 is 4.74 Å². The number of aliphatic hydroxyl groups excluding tert-OH is 1. The predicted octanol–water partition coefficient (Wildman–Crippen LogP) is 2.88. The Hall–Kier alpha value is -2.67. The van der Waals surface area contributed by atoms with E-state index in [-0.39, 0.29) is 0 Å². The summed E-state index contributed by atoms with van der Waals surface area (Å²) in [7, 11) is 1.55. The zero-order valence-electron chi connectivity index (χ0n) is 14.5. The van der Waals surface area contributed by atoms with E-state index in [2.05, 4.69) is 10.2 Å². The number of aryl methyl sites for hydroxylation is 1. The molecule has 0 bridgehead atoms. The van der Waals surface area contributed by atoms with E-state index in [1.165, 1.54) is 12.1 Å². The molecule has 1 aromatic carbocycles. The van der Waals surface area contributed by atoms with Crippen LogP contribution in [-0.2, 0) is 13.0 Å². The van der Waals surface area contributed by atoms with Crippen molar-refractivity contribution in [2.75, 3.05) is 7.11 Å². The number of nitrogens with zero attached hydrogens (tertiary/aromatic N) is 4. The van der Waals surface area contributed by atoms with Gasteiger partial charge in [-0.2, -0.15) is 5.10 Å². The van der Waals surface area contributed by atoms with Crippen molar-refractivity contribution in [2.45, 2.75) is 32.9 Å². The standard InChI is InChI=1S/C18H21FN4O2/c1-4-22-11-13(10-20-22)7-15-9-18(25-3)21-23(15)17-6-5-14(19)8-16(17)12(2)24/h5-6,8-12,24H,4,7H2,1-3H3/t12-/m1/s1. The van der Waals surface area contributed by atoms with Crippen LogP contribution in [0.4, 0.5) is 4.39 Å². The van der Waals surface area contributed by atoms with Gasteiger partial charge in [0.25, 0.3) is 0 Å². The van der Waals surface area contributed by atoms with Gasteiger partial charge >= 0.3 is 0 Å². The van der Waals surface area contributed by atoms with Crippen molar-refractivity contribution in [1.29, 1.82) is 0 Å². The van der Waals surface area contributed by atoms with Crippen LogP contribution in [0.2, 0.25) is 0 Å². The van der Waals surface area contributed by atoms with Gasteiger partial charge in [0.15, 0.2) is 0 Å². The Kier molecular flexibility index (Phi) is 4.85. The number of aromatic nitrogens is 4. The van der Waals surface area contributed by atoms with Crippen LogP contribution >= 0.6 is 0 Å². The van der Waals surface area contributed by atoms with Crippen LogP contribution in [0.5, 0.6) is 5.88 Å². The number of aliphatic hydroxyl groups is 1. The number of ether oxygens (including phenoxy) is 1. The number of halogens is 1. The lowest BCUT2D eigenvalue weighted by molar-refractivity contribution is 0.198. The van der Waals surface area contributed by atoms with Gasteiger partial charge in [0, 0.05) is 30.8 Å². The van der Waals surface area contributed by atoms with Gasteiger partial charge in [-0.25, -0.2) is 9.07 Å². The molecule has 25 heavy (non-hydrogen) atoms. The van der Waals surface area contributed by atoms with E-state index in [0.717, 1.165) is 17.8 Å². The van der Waals surface area contributed by atoms with Crippen molar-refractivity contribution in [3.8, 4) is 11.6 Å². The fourth-order valence-electron chi connectivity index (χ4n) is 2.76.